The molecule has 0 aromatic heterocycles. The molecule has 1 nitrogen and oxygen atoms in total. The van der Waals surface area contributed by atoms with Gasteiger partial charge in [0.1, 0.15) is 0 Å². The third kappa shape index (κ3) is 4.36. The number of hydrogen-bond acceptors (Lipinski definition) is 1. The van der Waals surface area contributed by atoms with Crippen LogP contribution in [0.2, 0.25) is 0 Å². The second kappa shape index (κ2) is 12.5. The fourth-order valence-electron chi connectivity index (χ4n) is 11.3. The molecule has 1 spiro atoms. The largest absolute Gasteiger partial charge is 0.310 e. The summed E-state index contributed by atoms with van der Waals surface area (Å²) in [6, 6.07) is 72.9. The first-order valence-electron chi connectivity index (χ1n) is 20.7. The molecule has 0 N–H and O–H groups in total. The molecular formula is C57H41N. The zero-order valence-electron chi connectivity index (χ0n) is 32.4. The highest BCUT2D eigenvalue weighted by molar-refractivity contribution is 5.97. The van der Waals surface area contributed by atoms with E-state index in [-0.39, 0.29) is 5.41 Å². The molecule has 0 saturated heterocycles. The van der Waals surface area contributed by atoms with Crippen molar-refractivity contribution in [3.63, 3.8) is 0 Å². The van der Waals surface area contributed by atoms with Gasteiger partial charge in [-0.05, 0) is 121 Å². The Bertz CT molecular complexity index is 2940. The molecule has 0 saturated carbocycles. The first-order chi connectivity index (χ1) is 28.7. The normalized spacial score (nSPS) is 18.4. The second-order valence-corrected chi connectivity index (χ2v) is 16.4. The average Bonchev–Trinajstić information content (AvgIpc) is 3.87. The maximum atomic E-state index is 2.50. The molecule has 2 atom stereocenters. The second-order valence-electron chi connectivity index (χ2n) is 16.4. The van der Waals surface area contributed by atoms with Gasteiger partial charge in [-0.15, -0.1) is 0 Å². The van der Waals surface area contributed by atoms with Crippen molar-refractivity contribution in [1.29, 1.82) is 0 Å². The lowest BCUT2D eigenvalue weighted by Crippen LogP contribution is -2.31. The van der Waals surface area contributed by atoms with E-state index in [1.807, 2.05) is 0 Å². The summed E-state index contributed by atoms with van der Waals surface area (Å²) in [7, 11) is 0. The van der Waals surface area contributed by atoms with Gasteiger partial charge in [0.05, 0.1) is 10.8 Å². The van der Waals surface area contributed by atoms with Gasteiger partial charge >= 0.3 is 0 Å². The van der Waals surface area contributed by atoms with Gasteiger partial charge in [0.25, 0.3) is 0 Å². The maximum absolute atomic E-state index is 2.50. The zero-order chi connectivity index (χ0) is 38.4. The van der Waals surface area contributed by atoms with Crippen LogP contribution in [0.1, 0.15) is 52.3 Å². The van der Waals surface area contributed by atoms with Crippen molar-refractivity contribution < 1.29 is 0 Å². The molecule has 0 fully saturated rings. The summed E-state index contributed by atoms with van der Waals surface area (Å²) in [6.07, 6.45) is 8.02. The van der Waals surface area contributed by atoms with Crippen LogP contribution in [0.15, 0.2) is 218 Å². The van der Waals surface area contributed by atoms with Crippen LogP contribution in [0, 0.1) is 5.92 Å². The van der Waals surface area contributed by atoms with E-state index in [2.05, 4.69) is 224 Å². The quantitative estimate of drug-likeness (QED) is 0.170. The molecule has 0 radical (unpaired) electrons. The van der Waals surface area contributed by atoms with Gasteiger partial charge in [-0.25, -0.2) is 0 Å². The van der Waals surface area contributed by atoms with Gasteiger partial charge in [0.2, 0.25) is 0 Å². The number of benzene rings is 8. The van der Waals surface area contributed by atoms with Crippen LogP contribution in [-0.2, 0) is 10.8 Å². The van der Waals surface area contributed by atoms with Gasteiger partial charge in [-0.2, -0.15) is 0 Å². The molecule has 2 unspecified atom stereocenters. The molecule has 8 aromatic rings. The molecule has 0 aliphatic heterocycles. The molecule has 4 aliphatic rings. The van der Waals surface area contributed by atoms with E-state index >= 15 is 0 Å². The van der Waals surface area contributed by atoms with E-state index in [1.54, 1.807) is 0 Å². The van der Waals surface area contributed by atoms with E-state index in [4.69, 9.17) is 0 Å². The van der Waals surface area contributed by atoms with Gasteiger partial charge in [-0.3, -0.25) is 0 Å². The summed E-state index contributed by atoms with van der Waals surface area (Å²) < 4.78 is 0. The summed E-state index contributed by atoms with van der Waals surface area (Å²) in [5.74, 6) is 0.470. The summed E-state index contributed by atoms with van der Waals surface area (Å²) >= 11 is 0. The van der Waals surface area contributed by atoms with Crippen molar-refractivity contribution in [2.75, 3.05) is 4.90 Å². The van der Waals surface area contributed by atoms with Crippen molar-refractivity contribution >= 4 is 17.1 Å². The van der Waals surface area contributed by atoms with Crippen molar-refractivity contribution in [1.82, 2.24) is 0 Å². The van der Waals surface area contributed by atoms with Crippen molar-refractivity contribution in [2.24, 2.45) is 5.92 Å². The van der Waals surface area contributed by atoms with Crippen molar-refractivity contribution in [3.05, 3.63) is 257 Å². The number of fused-ring (bicyclic) bond motifs is 13. The highest BCUT2D eigenvalue weighted by Gasteiger charge is 2.52. The zero-order valence-corrected chi connectivity index (χ0v) is 32.4. The molecule has 1 heteroatoms. The molecule has 12 rings (SSSR count). The maximum Gasteiger partial charge on any atom is 0.0726 e. The lowest BCUT2D eigenvalue weighted by atomic mass is 9.64. The van der Waals surface area contributed by atoms with Crippen molar-refractivity contribution in [3.8, 4) is 33.4 Å². The predicted octanol–water partition coefficient (Wildman–Crippen LogP) is 14.3. The fraction of sp³-hybridized carbons (Fsp3) is 0.0877. The van der Waals surface area contributed by atoms with Gasteiger partial charge < -0.3 is 4.90 Å². The van der Waals surface area contributed by atoms with Crippen LogP contribution < -0.4 is 4.90 Å². The minimum absolute atomic E-state index is 0.378. The summed E-state index contributed by atoms with van der Waals surface area (Å²) in [5.41, 5.74) is 21.4. The Balaban J connectivity index is 1.10. The Morgan fingerprint density at radius 1 is 0.397 bits per heavy atom. The number of para-hydroxylation sites is 1. The molecular weight excluding hydrogens is 699 g/mol. The lowest BCUT2D eigenvalue weighted by molar-refractivity contribution is 0.615. The van der Waals surface area contributed by atoms with Gasteiger partial charge in [0, 0.05) is 17.1 Å². The van der Waals surface area contributed by atoms with Crippen molar-refractivity contribution in [2.45, 2.75) is 24.2 Å². The topological polar surface area (TPSA) is 3.24 Å². The first kappa shape index (κ1) is 33.2. The molecule has 0 heterocycles. The van der Waals surface area contributed by atoms with E-state index < -0.39 is 5.41 Å². The molecule has 58 heavy (non-hydrogen) atoms. The summed E-state index contributed by atoms with van der Waals surface area (Å²) in [6.45, 7) is 2.34. The predicted molar refractivity (Wildman–Crippen MR) is 240 cm³/mol. The Hall–Kier alpha value is -6.96. The van der Waals surface area contributed by atoms with E-state index in [9.17, 15) is 0 Å². The summed E-state index contributed by atoms with van der Waals surface area (Å²) in [5, 5.41) is 0. The summed E-state index contributed by atoms with van der Waals surface area (Å²) in [4.78, 5) is 2.47. The minimum atomic E-state index is -0.414. The third-order valence-corrected chi connectivity index (χ3v) is 13.5. The van der Waals surface area contributed by atoms with Crippen LogP contribution in [0.5, 0.6) is 0 Å². The fourth-order valence-corrected chi connectivity index (χ4v) is 11.3. The molecule has 8 aromatic carbocycles. The molecule has 0 amide bonds. The SMILES string of the molecule is CC1C=CC=C(C2(c3ccccc3)c3ccccc3-c3cc(N(c4ccccc4)c4ccc5c(c4)C4(c6ccccc6-c6ccccc64)c4ccccc4-5)ccc32)C1. The average molecular weight is 740 g/mol. The Morgan fingerprint density at radius 2 is 0.862 bits per heavy atom. The smallest absolute Gasteiger partial charge is 0.0726 e. The van der Waals surface area contributed by atoms with Crippen LogP contribution in [-0.4, -0.2) is 0 Å². The number of anilines is 3. The third-order valence-electron chi connectivity index (χ3n) is 13.5. The molecule has 274 valence electrons. The number of rotatable bonds is 5. The molecule has 0 bridgehead atoms. The Labute approximate surface area is 340 Å². The van der Waals surface area contributed by atoms with E-state index in [1.165, 1.54) is 77.9 Å². The van der Waals surface area contributed by atoms with E-state index in [0.29, 0.717) is 5.92 Å². The standard InChI is InChI=1S/C57H41N/c1-38-17-16-20-40(35-38)56(39-18-4-2-5-19-39)50-27-12-11-26-47(50)49-36-42(32-34-54(49)56)58(41-21-6-3-7-22-41)43-31-33-48-46-25-10-15-30-53(46)57(55(48)37-43)51-28-13-8-23-44(51)45-24-9-14-29-52(45)57/h2-34,36-38H,35H2,1H3. The number of nitrogens with zero attached hydrogens (tertiary/aromatic N) is 1. The lowest BCUT2D eigenvalue weighted by Gasteiger charge is -2.38. The number of allylic oxidation sites excluding steroid dienone is 4. The minimum Gasteiger partial charge on any atom is -0.310 e. The Kier molecular flexibility index (Phi) is 7.17. The highest BCUT2D eigenvalue weighted by atomic mass is 15.1. The van der Waals surface area contributed by atoms with Crippen LogP contribution in [0.3, 0.4) is 0 Å². The highest BCUT2D eigenvalue weighted by Crippen LogP contribution is 2.64. The van der Waals surface area contributed by atoms with E-state index in [0.717, 1.165) is 23.5 Å². The van der Waals surface area contributed by atoms with Crippen LogP contribution in [0.25, 0.3) is 33.4 Å². The van der Waals surface area contributed by atoms with Gasteiger partial charge in [-0.1, -0.05) is 188 Å². The van der Waals surface area contributed by atoms with Crippen LogP contribution in [0.4, 0.5) is 17.1 Å². The Morgan fingerprint density at radius 3 is 1.47 bits per heavy atom. The monoisotopic (exact) mass is 739 g/mol. The first-order valence-corrected chi connectivity index (χ1v) is 20.7. The van der Waals surface area contributed by atoms with Crippen LogP contribution >= 0.6 is 0 Å². The van der Waals surface area contributed by atoms with Gasteiger partial charge in [0.15, 0.2) is 0 Å². The molecule has 4 aliphatic carbocycles. The number of hydrogen-bond donors (Lipinski definition) is 0.